The van der Waals surface area contributed by atoms with Gasteiger partial charge in [-0.25, -0.2) is 0 Å². The molecule has 0 aromatic heterocycles. The van der Waals surface area contributed by atoms with E-state index in [2.05, 4.69) is 0 Å². The molecule has 0 aliphatic heterocycles. The third-order valence-electron chi connectivity index (χ3n) is 2.91. The summed E-state index contributed by atoms with van der Waals surface area (Å²) in [7, 11) is 3.27. The molecule has 1 atom stereocenters. The molecule has 1 aliphatic rings. The Morgan fingerprint density at radius 3 is 2.33 bits per heavy atom. The van der Waals surface area contributed by atoms with E-state index < -0.39 is 0 Å². The van der Waals surface area contributed by atoms with Crippen molar-refractivity contribution in [1.82, 2.24) is 0 Å². The first-order valence-corrected chi connectivity index (χ1v) is 5.16. The van der Waals surface area contributed by atoms with Gasteiger partial charge in [0, 0.05) is 0 Å². The first-order valence-electron chi connectivity index (χ1n) is 5.16. The maximum absolute atomic E-state index is 9.57. The zero-order chi connectivity index (χ0) is 10.8. The van der Waals surface area contributed by atoms with Gasteiger partial charge in [-0.3, -0.25) is 0 Å². The summed E-state index contributed by atoms with van der Waals surface area (Å²) in [6.45, 7) is 0. The average molecular weight is 208 g/mol. The first-order chi connectivity index (χ1) is 7.24. The van der Waals surface area contributed by atoms with Crippen LogP contribution in [0, 0.1) is 0 Å². The minimum atomic E-state index is -0.212. The van der Waals surface area contributed by atoms with Crippen LogP contribution in [0.2, 0.25) is 0 Å². The predicted molar refractivity (Wildman–Crippen MR) is 57.6 cm³/mol. The van der Waals surface area contributed by atoms with Crippen molar-refractivity contribution in [1.29, 1.82) is 0 Å². The van der Waals surface area contributed by atoms with Crippen LogP contribution in [0.1, 0.15) is 17.5 Å². The van der Waals surface area contributed by atoms with Crippen molar-refractivity contribution in [3.8, 4) is 11.5 Å². The van der Waals surface area contributed by atoms with E-state index >= 15 is 0 Å². The van der Waals surface area contributed by atoms with Crippen molar-refractivity contribution in [2.45, 2.75) is 25.4 Å². The minimum absolute atomic E-state index is 0.212. The highest BCUT2D eigenvalue weighted by molar-refractivity contribution is 5.48. The number of methoxy groups -OCH3 is 2. The Hall–Kier alpha value is -1.22. The number of aliphatic hydroxyl groups excluding tert-OH is 1. The highest BCUT2D eigenvalue weighted by atomic mass is 16.5. The number of aliphatic hydroxyl groups is 1. The molecule has 1 N–H and O–H groups in total. The summed E-state index contributed by atoms with van der Waals surface area (Å²) < 4.78 is 10.5. The van der Waals surface area contributed by atoms with E-state index in [0.29, 0.717) is 0 Å². The monoisotopic (exact) mass is 208 g/mol. The minimum Gasteiger partial charge on any atom is -0.493 e. The molecule has 0 amide bonds. The van der Waals surface area contributed by atoms with E-state index in [1.54, 1.807) is 14.2 Å². The fourth-order valence-corrected chi connectivity index (χ4v) is 2.06. The normalized spacial score (nSPS) is 19.5. The second-order valence-corrected chi connectivity index (χ2v) is 3.87. The summed E-state index contributed by atoms with van der Waals surface area (Å²) >= 11 is 0. The lowest BCUT2D eigenvalue weighted by atomic mass is 9.89. The summed E-state index contributed by atoms with van der Waals surface area (Å²) in [5, 5.41) is 9.57. The van der Waals surface area contributed by atoms with E-state index in [1.807, 2.05) is 12.1 Å². The molecule has 0 heterocycles. The molecule has 0 fully saturated rings. The SMILES string of the molecule is COc1cc2c(cc1OC)C[C@H](O)CC2. The first kappa shape index (κ1) is 10.3. The van der Waals surface area contributed by atoms with Crippen LogP contribution in [0.3, 0.4) is 0 Å². The zero-order valence-corrected chi connectivity index (χ0v) is 9.12. The number of aryl methyl sites for hydroxylation is 1. The smallest absolute Gasteiger partial charge is 0.161 e. The molecule has 15 heavy (non-hydrogen) atoms. The Morgan fingerprint density at radius 2 is 1.73 bits per heavy atom. The molecule has 0 saturated heterocycles. The zero-order valence-electron chi connectivity index (χ0n) is 9.12. The molecule has 2 rings (SSSR count). The van der Waals surface area contributed by atoms with Crippen molar-refractivity contribution in [3.05, 3.63) is 23.3 Å². The van der Waals surface area contributed by atoms with E-state index in [-0.39, 0.29) is 6.10 Å². The van der Waals surface area contributed by atoms with Gasteiger partial charge in [0.2, 0.25) is 0 Å². The highest BCUT2D eigenvalue weighted by Gasteiger charge is 2.19. The Bertz CT molecular complexity index is 360. The van der Waals surface area contributed by atoms with Gasteiger partial charge in [0.15, 0.2) is 11.5 Å². The molecule has 0 spiro atoms. The molecule has 3 heteroatoms. The number of fused-ring (bicyclic) bond motifs is 1. The second-order valence-electron chi connectivity index (χ2n) is 3.87. The van der Waals surface area contributed by atoms with Crippen LogP contribution in [0.25, 0.3) is 0 Å². The van der Waals surface area contributed by atoms with Crippen molar-refractivity contribution in [3.63, 3.8) is 0 Å². The molecule has 3 nitrogen and oxygen atoms in total. The average Bonchev–Trinajstić information content (AvgIpc) is 2.27. The molecular formula is C12H16O3. The van der Waals surface area contributed by atoms with Crippen LogP contribution in [-0.4, -0.2) is 25.4 Å². The van der Waals surface area contributed by atoms with Gasteiger partial charge in [0.1, 0.15) is 0 Å². The molecule has 1 aromatic carbocycles. The van der Waals surface area contributed by atoms with Crippen LogP contribution in [-0.2, 0) is 12.8 Å². The number of ether oxygens (including phenoxy) is 2. The van der Waals surface area contributed by atoms with Crippen LogP contribution in [0.5, 0.6) is 11.5 Å². The molecular weight excluding hydrogens is 192 g/mol. The van der Waals surface area contributed by atoms with Crippen molar-refractivity contribution < 1.29 is 14.6 Å². The van der Waals surface area contributed by atoms with Crippen molar-refractivity contribution in [2.75, 3.05) is 14.2 Å². The van der Waals surface area contributed by atoms with Gasteiger partial charge < -0.3 is 14.6 Å². The van der Waals surface area contributed by atoms with E-state index in [1.165, 1.54) is 11.1 Å². The summed E-state index contributed by atoms with van der Waals surface area (Å²) in [6.07, 6.45) is 2.25. The Balaban J connectivity index is 2.41. The summed E-state index contributed by atoms with van der Waals surface area (Å²) in [4.78, 5) is 0. The Morgan fingerprint density at radius 1 is 1.13 bits per heavy atom. The maximum Gasteiger partial charge on any atom is 0.161 e. The quantitative estimate of drug-likeness (QED) is 0.801. The summed E-state index contributed by atoms with van der Waals surface area (Å²) in [6, 6.07) is 3.98. The van der Waals surface area contributed by atoms with Crippen LogP contribution in [0.15, 0.2) is 12.1 Å². The van der Waals surface area contributed by atoms with Crippen molar-refractivity contribution in [2.24, 2.45) is 0 Å². The summed E-state index contributed by atoms with van der Waals surface area (Å²) in [5.74, 6) is 1.51. The van der Waals surface area contributed by atoms with Crippen molar-refractivity contribution >= 4 is 0 Å². The number of rotatable bonds is 2. The van der Waals surface area contributed by atoms with Crippen LogP contribution in [0.4, 0.5) is 0 Å². The largest absolute Gasteiger partial charge is 0.493 e. The molecule has 82 valence electrons. The van der Waals surface area contributed by atoms with Gasteiger partial charge in [-0.05, 0) is 42.5 Å². The predicted octanol–water partition coefficient (Wildman–Crippen LogP) is 1.55. The third-order valence-corrected chi connectivity index (χ3v) is 2.91. The lowest BCUT2D eigenvalue weighted by Crippen LogP contribution is -2.18. The van der Waals surface area contributed by atoms with Gasteiger partial charge in [0.05, 0.1) is 20.3 Å². The lowest BCUT2D eigenvalue weighted by Gasteiger charge is -2.22. The van der Waals surface area contributed by atoms with E-state index in [0.717, 1.165) is 30.8 Å². The third kappa shape index (κ3) is 1.92. The Kier molecular flexibility index (Phi) is 2.82. The van der Waals surface area contributed by atoms with Gasteiger partial charge in [-0.1, -0.05) is 0 Å². The number of hydrogen-bond acceptors (Lipinski definition) is 3. The highest BCUT2D eigenvalue weighted by Crippen LogP contribution is 2.33. The van der Waals surface area contributed by atoms with Crippen LogP contribution >= 0.6 is 0 Å². The molecule has 0 radical (unpaired) electrons. The molecule has 0 saturated carbocycles. The topological polar surface area (TPSA) is 38.7 Å². The molecule has 1 aromatic rings. The molecule has 0 bridgehead atoms. The lowest BCUT2D eigenvalue weighted by molar-refractivity contribution is 0.158. The second kappa shape index (κ2) is 4.11. The van der Waals surface area contributed by atoms with E-state index in [4.69, 9.17) is 9.47 Å². The van der Waals surface area contributed by atoms with Crippen LogP contribution < -0.4 is 9.47 Å². The number of benzene rings is 1. The molecule has 0 unspecified atom stereocenters. The van der Waals surface area contributed by atoms with Gasteiger partial charge >= 0.3 is 0 Å². The maximum atomic E-state index is 9.57. The number of hydrogen-bond donors (Lipinski definition) is 1. The summed E-state index contributed by atoms with van der Waals surface area (Å²) in [5.41, 5.74) is 2.43. The Labute approximate surface area is 89.6 Å². The van der Waals surface area contributed by atoms with E-state index in [9.17, 15) is 5.11 Å². The van der Waals surface area contributed by atoms with Gasteiger partial charge in [-0.15, -0.1) is 0 Å². The van der Waals surface area contributed by atoms with Gasteiger partial charge in [-0.2, -0.15) is 0 Å². The standard InChI is InChI=1S/C12H16O3/c1-14-11-6-8-3-4-10(13)5-9(8)7-12(11)15-2/h6-7,10,13H,3-5H2,1-2H3/t10-/m1/s1. The molecule has 1 aliphatic carbocycles. The van der Waals surface area contributed by atoms with Gasteiger partial charge in [0.25, 0.3) is 0 Å². The fourth-order valence-electron chi connectivity index (χ4n) is 2.06. The fraction of sp³-hybridized carbons (Fsp3) is 0.500.